The van der Waals surface area contributed by atoms with E-state index in [2.05, 4.69) is 0 Å². The first-order chi connectivity index (χ1) is 13.8. The van der Waals surface area contributed by atoms with Crippen molar-refractivity contribution in [3.05, 3.63) is 0 Å². The minimum absolute atomic E-state index is 0. The molecule has 0 saturated carbocycles. The van der Waals surface area contributed by atoms with Crippen LogP contribution in [0.15, 0.2) is 0 Å². The number of aliphatic hydroxyl groups is 6. The molecule has 210 valence electrons. The van der Waals surface area contributed by atoms with Crippen LogP contribution in [0.1, 0.15) is 83.1 Å². The van der Waals surface area contributed by atoms with E-state index in [1.807, 2.05) is 0 Å². The Balaban J connectivity index is -0.0000000285. The third-order valence-electron chi connectivity index (χ3n) is 0. The summed E-state index contributed by atoms with van der Waals surface area (Å²) in [6.45, 7) is 20.7. The van der Waals surface area contributed by atoms with Gasteiger partial charge >= 0.3 is 87.4 Å². The Kier molecular flexibility index (Phi) is 97.6. The fraction of sp³-hybridized carbons (Fsp3) is 1.00. The SMILES string of the molecule is CC(C)O.CC(C)O.CC(C)O.CC(C)O.CC(C)O.CC(C)O.[Cl][Zr]([Cl])([Cl])[Cl].[Cl][Zr][Cl].[Zr]. The summed E-state index contributed by atoms with van der Waals surface area (Å²) in [6, 6.07) is 0. The van der Waals surface area contributed by atoms with Crippen LogP contribution in [0.5, 0.6) is 0 Å². The van der Waals surface area contributed by atoms with Crippen LogP contribution in [0.4, 0.5) is 0 Å². The maximum atomic E-state index is 8.06. The van der Waals surface area contributed by atoms with Crippen LogP contribution in [0, 0.1) is 0 Å². The monoisotopic (exact) mass is 840 g/mol. The molecule has 0 aliphatic carbocycles. The number of aliphatic hydroxyl groups excluding tert-OH is 6. The summed E-state index contributed by atoms with van der Waals surface area (Å²) in [5.41, 5.74) is 0. The van der Waals surface area contributed by atoms with Crippen molar-refractivity contribution in [1.29, 1.82) is 0 Å². The van der Waals surface area contributed by atoms with Crippen LogP contribution in [0.25, 0.3) is 0 Å². The maximum Gasteiger partial charge on any atom is 0 e. The van der Waals surface area contributed by atoms with E-state index in [0.717, 1.165) is 0 Å². The molecule has 0 spiro atoms. The molecule has 0 bridgehead atoms. The molecule has 0 aliphatic heterocycles. The smallest absolute Gasteiger partial charge is 0 e. The summed E-state index contributed by atoms with van der Waals surface area (Å²) in [5.74, 6) is 0. The second-order valence-corrected chi connectivity index (χ2v) is 33.2. The van der Waals surface area contributed by atoms with Gasteiger partial charge in [-0.1, -0.05) is 0 Å². The molecule has 0 fully saturated rings. The maximum absolute atomic E-state index is 8.06. The molecular weight excluding hydrogens is 799 g/mol. The molecule has 0 saturated heterocycles. The topological polar surface area (TPSA) is 121 Å². The quantitative estimate of drug-likeness (QED) is 0.167. The molecule has 0 radical (unpaired) electrons. The van der Waals surface area contributed by atoms with Gasteiger partial charge in [0.15, 0.2) is 0 Å². The molecule has 0 heterocycles. The van der Waals surface area contributed by atoms with Gasteiger partial charge in [-0.05, 0) is 83.1 Å². The van der Waals surface area contributed by atoms with Gasteiger partial charge in [0, 0.05) is 62.8 Å². The third-order valence-corrected chi connectivity index (χ3v) is 0. The predicted molar refractivity (Wildman–Crippen MR) is 139 cm³/mol. The zero-order valence-electron chi connectivity index (χ0n) is 21.9. The average molecular weight is 847 g/mol. The van der Waals surface area contributed by atoms with E-state index in [4.69, 9.17) is 81.7 Å². The summed E-state index contributed by atoms with van der Waals surface area (Å²) in [5, 5.41) is 48.3. The van der Waals surface area contributed by atoms with Gasteiger partial charge in [0.2, 0.25) is 0 Å². The first kappa shape index (κ1) is 61.3. The van der Waals surface area contributed by atoms with Gasteiger partial charge in [-0.25, -0.2) is 0 Å². The van der Waals surface area contributed by atoms with Gasteiger partial charge < -0.3 is 30.6 Å². The average Bonchev–Trinajstić information content (AvgIpc) is 2.31. The summed E-state index contributed by atoms with van der Waals surface area (Å²) < 4.78 is 0. The number of hydrogen-bond acceptors (Lipinski definition) is 6. The van der Waals surface area contributed by atoms with Crippen LogP contribution in [-0.4, -0.2) is 67.3 Å². The van der Waals surface area contributed by atoms with Crippen LogP contribution in [0.2, 0.25) is 0 Å². The van der Waals surface area contributed by atoms with Crippen molar-refractivity contribution in [3.63, 3.8) is 0 Å². The van der Waals surface area contributed by atoms with E-state index in [0.29, 0.717) is 0 Å². The van der Waals surface area contributed by atoms with E-state index in [-0.39, 0.29) is 62.8 Å². The van der Waals surface area contributed by atoms with Gasteiger partial charge in [0.25, 0.3) is 0 Å². The number of halogens is 6. The molecule has 0 aromatic carbocycles. The normalized spacial score (nSPS) is 8.79. The van der Waals surface area contributed by atoms with Crippen LogP contribution in [0.3, 0.4) is 0 Å². The molecule has 0 aromatic heterocycles. The third kappa shape index (κ3) is 2450. The van der Waals surface area contributed by atoms with Crippen molar-refractivity contribution in [3.8, 4) is 0 Å². The van der Waals surface area contributed by atoms with Crippen LogP contribution in [-0.2, 0) is 62.5 Å². The van der Waals surface area contributed by atoms with Crippen molar-refractivity contribution in [2.45, 2.75) is 120 Å². The van der Waals surface area contributed by atoms with Crippen molar-refractivity contribution >= 4 is 51.1 Å². The Morgan fingerprint density at radius 1 is 0.424 bits per heavy atom. The Labute approximate surface area is 260 Å². The summed E-state index contributed by atoms with van der Waals surface area (Å²) in [6.07, 6.45) is -1.00. The first-order valence-corrected chi connectivity index (χ1v) is 28.6. The fourth-order valence-corrected chi connectivity index (χ4v) is 0. The number of rotatable bonds is 0. The summed E-state index contributed by atoms with van der Waals surface area (Å²) in [4.78, 5) is 0. The van der Waals surface area contributed by atoms with E-state index in [9.17, 15) is 0 Å². The van der Waals surface area contributed by atoms with Gasteiger partial charge in [0.05, 0.1) is 0 Å². The fourth-order valence-electron chi connectivity index (χ4n) is 0. The van der Waals surface area contributed by atoms with Gasteiger partial charge in [-0.3, -0.25) is 0 Å². The molecule has 6 N–H and O–H groups in total. The molecule has 0 unspecified atom stereocenters. The molecule has 0 amide bonds. The minimum atomic E-state index is -3.29. The molecule has 33 heavy (non-hydrogen) atoms. The van der Waals surface area contributed by atoms with Gasteiger partial charge in [-0.2, -0.15) is 0 Å². The molecule has 0 aliphatic rings. The molecule has 0 atom stereocenters. The second kappa shape index (κ2) is 52.6. The largest absolute Gasteiger partial charge is 0 e. The predicted octanol–water partition coefficient (Wildman–Crippen LogP) is 6.45. The zero-order chi connectivity index (χ0) is 28.7. The first-order valence-electron chi connectivity index (χ1n) is 9.61. The van der Waals surface area contributed by atoms with Crippen molar-refractivity contribution in [1.82, 2.24) is 0 Å². The molecular formula is C18H48Cl6O6Zr3. The zero-order valence-corrected chi connectivity index (χ0v) is 33.8. The van der Waals surface area contributed by atoms with E-state index in [1.165, 1.54) is 0 Å². The van der Waals surface area contributed by atoms with Crippen molar-refractivity contribution < 1.29 is 93.2 Å². The van der Waals surface area contributed by atoms with E-state index < -0.39 is 36.3 Å². The Bertz CT molecular complexity index is 197. The molecule has 0 rings (SSSR count). The minimum Gasteiger partial charge on any atom is 0 e. The van der Waals surface area contributed by atoms with Crippen molar-refractivity contribution in [2.75, 3.05) is 0 Å². The van der Waals surface area contributed by atoms with E-state index >= 15 is 0 Å². The Morgan fingerprint density at radius 3 is 0.424 bits per heavy atom. The van der Waals surface area contributed by atoms with Crippen LogP contribution < -0.4 is 0 Å². The summed E-state index contributed by atoms with van der Waals surface area (Å²) in [7, 11) is 30.0. The van der Waals surface area contributed by atoms with Crippen molar-refractivity contribution in [2.24, 2.45) is 0 Å². The summed E-state index contributed by atoms with van der Waals surface area (Å²) >= 11 is -4.12. The van der Waals surface area contributed by atoms with Crippen LogP contribution >= 0.6 is 51.1 Å². The molecule has 0 aromatic rings. The molecule has 15 heteroatoms. The van der Waals surface area contributed by atoms with Gasteiger partial charge in [0.1, 0.15) is 0 Å². The second-order valence-electron chi connectivity index (χ2n) is 7.06. The Hall–Kier alpha value is 4.15. The standard InChI is InChI=1S/6C3H8O.6ClH.3Zr/c6*1-3(2)4;;;;;;;;;/h6*3-4H,1-2H3;6*1H;;;/q;;;;;;;;;;;;;+2;+4/p-6. The number of hydrogen-bond donors (Lipinski definition) is 6. The van der Waals surface area contributed by atoms with E-state index in [1.54, 1.807) is 83.1 Å². The molecule has 6 nitrogen and oxygen atoms in total. The Morgan fingerprint density at radius 2 is 0.424 bits per heavy atom. The van der Waals surface area contributed by atoms with Gasteiger partial charge in [-0.15, -0.1) is 0 Å².